The maximum atomic E-state index is 12.4. The van der Waals surface area contributed by atoms with Gasteiger partial charge in [-0.05, 0) is 43.5 Å². The first-order valence-corrected chi connectivity index (χ1v) is 9.34. The number of fused-ring (bicyclic) bond motifs is 1. The predicted octanol–water partition coefficient (Wildman–Crippen LogP) is 3.05. The Morgan fingerprint density at radius 1 is 1.22 bits per heavy atom. The zero-order valence-electron chi connectivity index (χ0n) is 15.3. The van der Waals surface area contributed by atoms with Gasteiger partial charge in [0, 0.05) is 23.2 Å². The molecule has 2 atom stereocenters. The molecule has 0 amide bonds. The highest BCUT2D eigenvalue weighted by Crippen LogP contribution is 2.27. The van der Waals surface area contributed by atoms with Crippen LogP contribution in [0.5, 0.6) is 0 Å². The summed E-state index contributed by atoms with van der Waals surface area (Å²) in [7, 11) is 0. The number of aromatic amines is 1. The summed E-state index contributed by atoms with van der Waals surface area (Å²) in [5, 5.41) is 14.4. The number of benzene rings is 1. The highest BCUT2D eigenvalue weighted by Gasteiger charge is 2.22. The van der Waals surface area contributed by atoms with Gasteiger partial charge in [-0.2, -0.15) is 5.10 Å². The molecule has 1 aromatic carbocycles. The van der Waals surface area contributed by atoms with Crippen LogP contribution >= 0.6 is 0 Å². The number of nitrogens with one attached hydrogen (secondary N) is 3. The van der Waals surface area contributed by atoms with E-state index in [2.05, 4.69) is 25.8 Å². The summed E-state index contributed by atoms with van der Waals surface area (Å²) in [5.41, 5.74) is 8.01. The zero-order chi connectivity index (χ0) is 18.8. The van der Waals surface area contributed by atoms with Gasteiger partial charge in [-0.1, -0.05) is 25.0 Å². The molecular weight excluding hydrogens is 340 g/mol. The minimum atomic E-state index is -0.268. The Hall–Kier alpha value is -2.93. The minimum absolute atomic E-state index is 0.113. The van der Waals surface area contributed by atoms with Crippen molar-refractivity contribution in [1.29, 1.82) is 0 Å². The van der Waals surface area contributed by atoms with Crippen molar-refractivity contribution in [3.63, 3.8) is 0 Å². The lowest BCUT2D eigenvalue weighted by molar-refractivity contribution is 0.403. The van der Waals surface area contributed by atoms with E-state index in [9.17, 15) is 4.79 Å². The third kappa shape index (κ3) is 3.78. The summed E-state index contributed by atoms with van der Waals surface area (Å²) in [5.74, 6) is 1.21. The van der Waals surface area contributed by atoms with Crippen molar-refractivity contribution in [2.75, 3.05) is 10.6 Å². The molecule has 1 saturated carbocycles. The number of anilines is 3. The number of hydrogen-bond acceptors (Lipinski definition) is 6. The van der Waals surface area contributed by atoms with Crippen LogP contribution in [0.1, 0.15) is 31.2 Å². The molecule has 1 aliphatic rings. The molecule has 1 fully saturated rings. The molecule has 4 rings (SSSR count). The van der Waals surface area contributed by atoms with Crippen molar-refractivity contribution >= 4 is 28.1 Å². The Balaban J connectivity index is 1.74. The molecule has 7 nitrogen and oxygen atoms in total. The molecule has 3 aromatic rings. The maximum absolute atomic E-state index is 12.4. The van der Waals surface area contributed by atoms with Crippen LogP contribution in [-0.4, -0.2) is 27.3 Å². The quantitative estimate of drug-likeness (QED) is 0.567. The normalized spacial score (nSPS) is 19.8. The molecule has 2 aromatic heterocycles. The van der Waals surface area contributed by atoms with E-state index in [0.717, 1.165) is 35.9 Å². The number of pyridine rings is 1. The maximum Gasteiger partial charge on any atom is 0.275 e. The number of rotatable bonds is 4. The van der Waals surface area contributed by atoms with Gasteiger partial charge in [0.1, 0.15) is 11.6 Å². The summed E-state index contributed by atoms with van der Waals surface area (Å²) in [6.07, 6.45) is 6.01. The molecule has 5 N–H and O–H groups in total. The summed E-state index contributed by atoms with van der Waals surface area (Å²) in [6.45, 7) is 2.02. The first-order chi connectivity index (χ1) is 13.1. The number of nitrogens with zero attached hydrogens (tertiary/aromatic N) is 2. The minimum Gasteiger partial charge on any atom is -0.366 e. The Labute approximate surface area is 157 Å². The highest BCUT2D eigenvalue weighted by atomic mass is 16.1. The largest absolute Gasteiger partial charge is 0.366 e. The van der Waals surface area contributed by atoms with E-state index in [0.29, 0.717) is 17.0 Å². The lowest BCUT2D eigenvalue weighted by atomic mass is 9.91. The van der Waals surface area contributed by atoms with E-state index < -0.39 is 0 Å². The van der Waals surface area contributed by atoms with Crippen LogP contribution in [0.25, 0.3) is 10.8 Å². The fourth-order valence-electron chi connectivity index (χ4n) is 3.67. The summed E-state index contributed by atoms with van der Waals surface area (Å²) in [6, 6.07) is 10.1. The lowest BCUT2D eigenvalue weighted by Crippen LogP contribution is -2.42. The van der Waals surface area contributed by atoms with Crippen LogP contribution in [0, 0.1) is 6.92 Å². The number of nitrogens with two attached hydrogens (primary N) is 1. The van der Waals surface area contributed by atoms with Gasteiger partial charge in [-0.3, -0.25) is 4.79 Å². The molecule has 2 heterocycles. The Kier molecular flexibility index (Phi) is 4.77. The summed E-state index contributed by atoms with van der Waals surface area (Å²) >= 11 is 0. The van der Waals surface area contributed by atoms with Gasteiger partial charge in [-0.15, -0.1) is 0 Å². The summed E-state index contributed by atoms with van der Waals surface area (Å²) in [4.78, 5) is 17.1. The van der Waals surface area contributed by atoms with Crippen LogP contribution in [-0.2, 0) is 0 Å². The van der Waals surface area contributed by atoms with E-state index in [1.807, 2.05) is 37.3 Å². The van der Waals surface area contributed by atoms with E-state index >= 15 is 0 Å². The van der Waals surface area contributed by atoms with Crippen molar-refractivity contribution in [2.24, 2.45) is 5.73 Å². The topological polar surface area (TPSA) is 109 Å². The molecule has 0 radical (unpaired) electrons. The Morgan fingerprint density at radius 3 is 2.89 bits per heavy atom. The molecule has 1 aliphatic carbocycles. The van der Waals surface area contributed by atoms with Gasteiger partial charge in [-0.25, -0.2) is 10.1 Å². The zero-order valence-corrected chi connectivity index (χ0v) is 15.3. The van der Waals surface area contributed by atoms with Gasteiger partial charge in [0.05, 0.1) is 11.6 Å². The van der Waals surface area contributed by atoms with Crippen LogP contribution < -0.4 is 21.9 Å². The molecule has 140 valence electrons. The van der Waals surface area contributed by atoms with Gasteiger partial charge < -0.3 is 16.4 Å². The van der Waals surface area contributed by atoms with E-state index in [1.165, 1.54) is 6.42 Å². The third-order valence-corrected chi connectivity index (χ3v) is 5.08. The van der Waals surface area contributed by atoms with Crippen molar-refractivity contribution < 1.29 is 0 Å². The summed E-state index contributed by atoms with van der Waals surface area (Å²) < 4.78 is 0. The Bertz CT molecular complexity index is 1010. The molecule has 27 heavy (non-hydrogen) atoms. The number of aromatic nitrogens is 3. The second kappa shape index (κ2) is 7.36. The second-order valence-corrected chi connectivity index (χ2v) is 7.21. The molecule has 7 heteroatoms. The van der Waals surface area contributed by atoms with Crippen molar-refractivity contribution in [3.8, 4) is 0 Å². The van der Waals surface area contributed by atoms with Crippen molar-refractivity contribution in [1.82, 2.24) is 15.2 Å². The number of hydrogen-bond donors (Lipinski definition) is 4. The molecule has 0 saturated heterocycles. The highest BCUT2D eigenvalue weighted by molar-refractivity contribution is 5.94. The monoisotopic (exact) mass is 364 g/mol. The van der Waals surface area contributed by atoms with Crippen LogP contribution in [0.4, 0.5) is 17.3 Å². The number of aryl methyl sites for hydroxylation is 1. The van der Waals surface area contributed by atoms with Gasteiger partial charge in [0.15, 0.2) is 0 Å². The van der Waals surface area contributed by atoms with Crippen LogP contribution in [0.3, 0.4) is 0 Å². The van der Waals surface area contributed by atoms with E-state index in [-0.39, 0.29) is 17.6 Å². The van der Waals surface area contributed by atoms with Gasteiger partial charge >= 0.3 is 0 Å². The van der Waals surface area contributed by atoms with Crippen LogP contribution in [0.15, 0.2) is 41.3 Å². The van der Waals surface area contributed by atoms with Crippen molar-refractivity contribution in [3.05, 3.63) is 52.4 Å². The molecule has 0 spiro atoms. The van der Waals surface area contributed by atoms with E-state index in [1.54, 1.807) is 6.20 Å². The Morgan fingerprint density at radius 2 is 2.07 bits per heavy atom. The fraction of sp³-hybridized carbons (Fsp3) is 0.350. The smallest absolute Gasteiger partial charge is 0.275 e. The standard InChI is InChI=1S/C20H24N6O/c1-12-5-4-6-14(9-12)23-19-18-13(11-22-26-20(18)27)10-17(25-19)24-16-8-3-2-7-15(16)21/h4-6,9-11,15-16H,2-3,7-8,21H2,1H3,(H,26,27)(H2,23,24,25)/t15-,16+/m0/s1. The molecule has 0 unspecified atom stereocenters. The van der Waals surface area contributed by atoms with E-state index in [4.69, 9.17) is 5.73 Å². The molecule has 0 aliphatic heterocycles. The number of H-pyrrole nitrogens is 1. The molecular formula is C20H24N6O. The van der Waals surface area contributed by atoms with Crippen molar-refractivity contribution in [2.45, 2.75) is 44.7 Å². The average molecular weight is 364 g/mol. The van der Waals surface area contributed by atoms with Crippen LogP contribution in [0.2, 0.25) is 0 Å². The van der Waals surface area contributed by atoms with Gasteiger partial charge in [0.25, 0.3) is 5.56 Å². The molecule has 0 bridgehead atoms. The first-order valence-electron chi connectivity index (χ1n) is 9.34. The lowest BCUT2D eigenvalue weighted by Gasteiger charge is -2.30. The first kappa shape index (κ1) is 17.5. The third-order valence-electron chi connectivity index (χ3n) is 5.08. The van der Waals surface area contributed by atoms with Gasteiger partial charge in [0.2, 0.25) is 0 Å². The SMILES string of the molecule is Cc1cccc(Nc2nc(N[C@@H]3CCCC[C@@H]3N)cc3cn[nH]c(=O)c23)c1. The predicted molar refractivity (Wildman–Crippen MR) is 108 cm³/mol. The second-order valence-electron chi connectivity index (χ2n) is 7.21. The fourth-order valence-corrected chi connectivity index (χ4v) is 3.67. The average Bonchev–Trinajstić information content (AvgIpc) is 2.64.